The number of ether oxygens (including phenoxy) is 1. The van der Waals surface area contributed by atoms with Gasteiger partial charge in [-0.1, -0.05) is 36.4 Å². The zero-order chi connectivity index (χ0) is 18.2. The number of benzene rings is 2. The van der Waals surface area contributed by atoms with E-state index in [1.54, 1.807) is 24.4 Å². The van der Waals surface area contributed by atoms with E-state index in [1.807, 2.05) is 54.6 Å². The Morgan fingerprint density at radius 1 is 1.04 bits per heavy atom. The zero-order valence-electron chi connectivity index (χ0n) is 14.2. The lowest BCUT2D eigenvalue weighted by Crippen LogP contribution is -2.24. The van der Waals surface area contributed by atoms with Crippen molar-refractivity contribution in [3.8, 4) is 11.5 Å². The molecule has 26 heavy (non-hydrogen) atoms. The Balaban J connectivity index is 1.73. The Bertz CT molecular complexity index is 877. The number of anilines is 2. The molecule has 3 aromatic rings. The van der Waals surface area contributed by atoms with Crippen molar-refractivity contribution in [2.24, 2.45) is 0 Å². The molecule has 0 spiro atoms. The summed E-state index contributed by atoms with van der Waals surface area (Å²) < 4.78 is 5.93. The van der Waals surface area contributed by atoms with Crippen molar-refractivity contribution < 1.29 is 9.53 Å². The van der Waals surface area contributed by atoms with Crippen LogP contribution in [-0.2, 0) is 0 Å². The molecular formula is C21H19N3O2. The monoisotopic (exact) mass is 345 g/mol. The number of hydrogen-bond acceptors (Lipinski definition) is 4. The molecule has 0 unspecified atom stereocenters. The SMILES string of the molecule is C=CCNC(=O)c1ccc(Nc2ccccc2Oc2ccccc2)cn1. The molecule has 5 nitrogen and oxygen atoms in total. The van der Waals surface area contributed by atoms with Crippen LogP contribution in [-0.4, -0.2) is 17.4 Å². The molecule has 0 aliphatic heterocycles. The number of carbonyl (C=O) groups is 1. The smallest absolute Gasteiger partial charge is 0.270 e. The van der Waals surface area contributed by atoms with Crippen molar-refractivity contribution in [3.63, 3.8) is 0 Å². The molecule has 0 atom stereocenters. The highest BCUT2D eigenvalue weighted by molar-refractivity contribution is 5.92. The third-order valence-corrected chi connectivity index (χ3v) is 3.54. The van der Waals surface area contributed by atoms with Crippen LogP contribution in [0.4, 0.5) is 11.4 Å². The van der Waals surface area contributed by atoms with Crippen molar-refractivity contribution >= 4 is 17.3 Å². The number of nitrogens with zero attached hydrogens (tertiary/aromatic N) is 1. The number of nitrogens with one attached hydrogen (secondary N) is 2. The third kappa shape index (κ3) is 4.48. The third-order valence-electron chi connectivity index (χ3n) is 3.54. The van der Waals surface area contributed by atoms with Crippen LogP contribution in [0.5, 0.6) is 11.5 Å². The average molecular weight is 345 g/mol. The molecule has 1 amide bonds. The van der Waals surface area contributed by atoms with Gasteiger partial charge in [-0.15, -0.1) is 6.58 Å². The normalized spacial score (nSPS) is 10.0. The minimum absolute atomic E-state index is 0.232. The molecule has 3 rings (SSSR count). The first-order chi connectivity index (χ1) is 12.8. The Morgan fingerprint density at radius 2 is 1.81 bits per heavy atom. The molecule has 0 aliphatic carbocycles. The number of para-hydroxylation sites is 3. The van der Waals surface area contributed by atoms with E-state index < -0.39 is 0 Å². The fourth-order valence-electron chi connectivity index (χ4n) is 2.29. The van der Waals surface area contributed by atoms with Gasteiger partial charge in [0.15, 0.2) is 5.75 Å². The van der Waals surface area contributed by atoms with E-state index in [0.717, 1.165) is 17.1 Å². The maximum atomic E-state index is 11.9. The minimum Gasteiger partial charge on any atom is -0.455 e. The van der Waals surface area contributed by atoms with E-state index in [2.05, 4.69) is 22.2 Å². The second kappa shape index (κ2) is 8.48. The van der Waals surface area contributed by atoms with Gasteiger partial charge in [-0.25, -0.2) is 4.98 Å². The standard InChI is InChI=1S/C21H19N3O2/c1-2-14-22-21(25)19-13-12-16(15-23-19)24-18-10-6-7-11-20(18)26-17-8-4-3-5-9-17/h2-13,15,24H,1,14H2,(H,22,25). The summed E-state index contributed by atoms with van der Waals surface area (Å²) in [6.07, 6.45) is 3.24. The van der Waals surface area contributed by atoms with Crippen LogP contribution < -0.4 is 15.4 Å². The molecular weight excluding hydrogens is 326 g/mol. The quantitative estimate of drug-likeness (QED) is 0.617. The first-order valence-electron chi connectivity index (χ1n) is 8.20. The van der Waals surface area contributed by atoms with Crippen molar-refractivity contribution in [1.29, 1.82) is 0 Å². The molecule has 5 heteroatoms. The van der Waals surface area contributed by atoms with E-state index in [1.165, 1.54) is 0 Å². The Morgan fingerprint density at radius 3 is 2.54 bits per heavy atom. The fraction of sp³-hybridized carbons (Fsp3) is 0.0476. The van der Waals surface area contributed by atoms with Gasteiger partial charge >= 0.3 is 0 Å². The van der Waals surface area contributed by atoms with Gasteiger partial charge in [0.05, 0.1) is 17.6 Å². The fourth-order valence-corrected chi connectivity index (χ4v) is 2.29. The maximum absolute atomic E-state index is 11.9. The molecule has 0 aliphatic rings. The molecule has 0 bridgehead atoms. The van der Waals surface area contributed by atoms with Gasteiger partial charge in [0, 0.05) is 6.54 Å². The summed E-state index contributed by atoms with van der Waals surface area (Å²) in [6, 6.07) is 20.7. The van der Waals surface area contributed by atoms with E-state index in [-0.39, 0.29) is 5.91 Å². The number of carbonyl (C=O) groups excluding carboxylic acids is 1. The van der Waals surface area contributed by atoms with Gasteiger partial charge in [-0.2, -0.15) is 0 Å². The number of amides is 1. The number of rotatable bonds is 7. The largest absolute Gasteiger partial charge is 0.455 e. The summed E-state index contributed by atoms with van der Waals surface area (Å²) in [7, 11) is 0. The van der Waals surface area contributed by atoms with E-state index in [9.17, 15) is 4.79 Å². The van der Waals surface area contributed by atoms with Crippen LogP contribution in [0, 0.1) is 0 Å². The van der Waals surface area contributed by atoms with Crippen molar-refractivity contribution in [2.75, 3.05) is 11.9 Å². The Kier molecular flexibility index (Phi) is 5.62. The molecule has 1 heterocycles. The van der Waals surface area contributed by atoms with E-state index >= 15 is 0 Å². The minimum atomic E-state index is -0.232. The van der Waals surface area contributed by atoms with Crippen molar-refractivity contribution in [3.05, 3.63) is 91.3 Å². The van der Waals surface area contributed by atoms with Gasteiger partial charge in [-0.3, -0.25) is 4.79 Å². The molecule has 0 saturated carbocycles. The van der Waals surface area contributed by atoms with Gasteiger partial charge in [0.25, 0.3) is 5.91 Å². The van der Waals surface area contributed by atoms with Crippen LogP contribution in [0.1, 0.15) is 10.5 Å². The average Bonchev–Trinajstić information content (AvgIpc) is 2.69. The van der Waals surface area contributed by atoms with Crippen LogP contribution >= 0.6 is 0 Å². The lowest BCUT2D eigenvalue weighted by atomic mass is 10.2. The topological polar surface area (TPSA) is 63.2 Å². The van der Waals surface area contributed by atoms with E-state index in [4.69, 9.17) is 4.74 Å². The summed E-state index contributed by atoms with van der Waals surface area (Å²) in [5.74, 6) is 1.23. The Labute approximate surface area is 152 Å². The second-order valence-electron chi connectivity index (χ2n) is 5.47. The number of pyridine rings is 1. The van der Waals surface area contributed by atoms with E-state index in [0.29, 0.717) is 18.0 Å². The summed E-state index contributed by atoms with van der Waals surface area (Å²) >= 11 is 0. The summed E-state index contributed by atoms with van der Waals surface area (Å²) in [5, 5.41) is 5.96. The van der Waals surface area contributed by atoms with Crippen molar-refractivity contribution in [2.45, 2.75) is 0 Å². The van der Waals surface area contributed by atoms with Gasteiger partial charge in [0.1, 0.15) is 11.4 Å². The molecule has 1 aromatic heterocycles. The first-order valence-corrected chi connectivity index (χ1v) is 8.20. The molecule has 0 saturated heterocycles. The zero-order valence-corrected chi connectivity index (χ0v) is 14.2. The van der Waals surface area contributed by atoms with Crippen LogP contribution in [0.3, 0.4) is 0 Å². The van der Waals surface area contributed by atoms with Gasteiger partial charge < -0.3 is 15.4 Å². The molecule has 2 N–H and O–H groups in total. The highest BCUT2D eigenvalue weighted by Gasteiger charge is 2.08. The lowest BCUT2D eigenvalue weighted by molar-refractivity contribution is 0.0953. The van der Waals surface area contributed by atoms with Gasteiger partial charge in [-0.05, 0) is 36.4 Å². The predicted molar refractivity (Wildman–Crippen MR) is 103 cm³/mol. The van der Waals surface area contributed by atoms with Crippen molar-refractivity contribution in [1.82, 2.24) is 10.3 Å². The lowest BCUT2D eigenvalue weighted by Gasteiger charge is -2.13. The molecule has 0 fully saturated rings. The van der Waals surface area contributed by atoms with Gasteiger partial charge in [0.2, 0.25) is 0 Å². The molecule has 2 aromatic carbocycles. The molecule has 130 valence electrons. The number of aromatic nitrogens is 1. The Hall–Kier alpha value is -3.60. The predicted octanol–water partition coefficient (Wildman–Crippen LogP) is 4.53. The molecule has 0 radical (unpaired) electrons. The summed E-state index contributed by atoms with van der Waals surface area (Å²) in [4.78, 5) is 16.1. The highest BCUT2D eigenvalue weighted by Crippen LogP contribution is 2.31. The van der Waals surface area contributed by atoms with Crippen LogP contribution in [0.25, 0.3) is 0 Å². The van der Waals surface area contributed by atoms with Crippen LogP contribution in [0.15, 0.2) is 85.6 Å². The first kappa shape index (κ1) is 17.2. The van der Waals surface area contributed by atoms with Crippen LogP contribution in [0.2, 0.25) is 0 Å². The highest BCUT2D eigenvalue weighted by atomic mass is 16.5. The maximum Gasteiger partial charge on any atom is 0.270 e. The summed E-state index contributed by atoms with van der Waals surface area (Å²) in [5.41, 5.74) is 1.92. The summed E-state index contributed by atoms with van der Waals surface area (Å²) in [6.45, 7) is 3.98. The number of hydrogen-bond donors (Lipinski definition) is 2. The second-order valence-corrected chi connectivity index (χ2v) is 5.47.